The molecule has 3 aromatic rings. The second kappa shape index (κ2) is 5.20. The van der Waals surface area contributed by atoms with Crippen LogP contribution in [0, 0.1) is 13.8 Å². The number of hydrogen-bond acceptors (Lipinski definition) is 0. The van der Waals surface area contributed by atoms with Crippen LogP contribution in [0.5, 0.6) is 0 Å². The molecule has 0 spiro atoms. The molecule has 0 aliphatic heterocycles. The molecule has 2 aromatic carbocycles. The van der Waals surface area contributed by atoms with Crippen LogP contribution < -0.4 is 0 Å². The number of rotatable bonds is 1. The molecule has 0 atom stereocenters. The monoisotopic (exact) mass is 429 g/mol. The summed E-state index contributed by atoms with van der Waals surface area (Å²) in [5.41, 5.74) is 3.55. The fourth-order valence-corrected chi connectivity index (χ4v) is 2.45. The molecular weight excluding hydrogens is 412 g/mol. The van der Waals surface area contributed by atoms with Gasteiger partial charge in [0.25, 0.3) is 0 Å². The van der Waals surface area contributed by atoms with E-state index in [1.165, 1.54) is 22.0 Å². The van der Waals surface area contributed by atoms with Crippen LogP contribution in [0.1, 0.15) is 11.1 Å². The van der Waals surface area contributed by atoms with Crippen molar-refractivity contribution in [3.8, 4) is 5.69 Å². The van der Waals surface area contributed by atoms with E-state index in [1.54, 1.807) is 0 Å². The summed E-state index contributed by atoms with van der Waals surface area (Å²) in [4.78, 5) is 0. The molecule has 1 radical (unpaired) electrons. The smallest absolute Gasteiger partial charge is 0.165 e. The van der Waals surface area contributed by atoms with Crippen LogP contribution >= 0.6 is 0 Å². The van der Waals surface area contributed by atoms with Crippen molar-refractivity contribution in [1.82, 2.24) is 9.13 Å². The van der Waals surface area contributed by atoms with Gasteiger partial charge in [-0.15, -0.1) is 6.07 Å². The van der Waals surface area contributed by atoms with E-state index in [4.69, 9.17) is 0 Å². The van der Waals surface area contributed by atoms with Crippen LogP contribution in [0.3, 0.4) is 0 Å². The molecule has 1 aromatic heterocycles. The number of nitrogens with zero attached hydrogens (tertiary/aromatic N) is 2. The molecule has 99 valence electrons. The van der Waals surface area contributed by atoms with Gasteiger partial charge >= 0.3 is 0 Å². The average molecular weight is 429 g/mol. The molecule has 0 saturated carbocycles. The Kier molecular flexibility index (Phi) is 3.79. The van der Waals surface area contributed by atoms with E-state index in [-0.39, 0.29) is 20.1 Å². The molecule has 3 rings (SSSR count). The van der Waals surface area contributed by atoms with Gasteiger partial charge in [0.2, 0.25) is 0 Å². The van der Waals surface area contributed by atoms with Crippen molar-refractivity contribution in [2.75, 3.05) is 0 Å². The molecule has 0 fully saturated rings. The molecule has 0 N–H and O–H groups in total. The summed E-state index contributed by atoms with van der Waals surface area (Å²) >= 11 is 0. The average Bonchev–Trinajstić information content (AvgIpc) is 2.76. The van der Waals surface area contributed by atoms with Gasteiger partial charge in [0.05, 0.1) is 5.69 Å². The van der Waals surface area contributed by atoms with Crippen molar-refractivity contribution in [2.45, 2.75) is 6.92 Å². The predicted octanol–water partition coefficient (Wildman–Crippen LogP) is 3.74. The van der Waals surface area contributed by atoms with Gasteiger partial charge < -0.3 is 0 Å². The minimum atomic E-state index is 0. The Morgan fingerprint density at radius 3 is 2.58 bits per heavy atom. The molecular formula is C16H16IrN2. The third-order valence-electron chi connectivity index (χ3n) is 3.33. The second-order valence-corrected chi connectivity index (χ2v) is 4.73. The number of benzene rings is 2. The Labute approximate surface area is 127 Å². The molecule has 0 saturated heterocycles. The van der Waals surface area contributed by atoms with Crippen molar-refractivity contribution in [3.05, 3.63) is 67.1 Å². The van der Waals surface area contributed by atoms with Gasteiger partial charge in [0, 0.05) is 32.7 Å². The van der Waals surface area contributed by atoms with Crippen molar-refractivity contribution < 1.29 is 20.1 Å². The van der Waals surface area contributed by atoms with E-state index >= 15 is 0 Å². The first-order chi connectivity index (χ1) is 8.66. The first kappa shape index (κ1) is 13.9. The quantitative estimate of drug-likeness (QED) is 0.523. The summed E-state index contributed by atoms with van der Waals surface area (Å²) < 4.78 is 4.20. The summed E-state index contributed by atoms with van der Waals surface area (Å²) in [6.07, 6.45) is 6.20. The Bertz CT molecular complexity index is 729. The normalized spacial score (nSPS) is 10.4. The van der Waals surface area contributed by atoms with E-state index in [0.29, 0.717) is 0 Å². The van der Waals surface area contributed by atoms with Crippen LogP contribution in [-0.4, -0.2) is 9.13 Å². The van der Waals surface area contributed by atoms with Gasteiger partial charge in [-0.2, -0.15) is 23.1 Å². The number of imidazole rings is 1. The van der Waals surface area contributed by atoms with Crippen molar-refractivity contribution in [2.24, 2.45) is 7.05 Å². The zero-order chi connectivity index (χ0) is 12.7. The third kappa shape index (κ3) is 2.32. The van der Waals surface area contributed by atoms with Gasteiger partial charge in [-0.25, -0.2) is 0 Å². The van der Waals surface area contributed by atoms with Crippen LogP contribution in [-0.2, 0) is 27.2 Å². The first-order valence-corrected chi connectivity index (χ1v) is 6.05. The number of aromatic nitrogens is 2. The fraction of sp³-hybridized carbons (Fsp3) is 0.125. The van der Waals surface area contributed by atoms with Crippen molar-refractivity contribution >= 4 is 10.8 Å². The fourth-order valence-electron chi connectivity index (χ4n) is 2.45. The molecule has 0 aliphatic rings. The molecule has 0 amide bonds. The Morgan fingerprint density at radius 2 is 1.89 bits per heavy atom. The zero-order valence-electron chi connectivity index (χ0n) is 11.1. The molecule has 19 heavy (non-hydrogen) atoms. The van der Waals surface area contributed by atoms with Crippen LogP contribution in [0.15, 0.2) is 49.1 Å². The SMILES string of the molecule is [CH2-]c1cccc2ccc(C)c(-n3ccn(C)[cH+]3)c12.[Ir]. The van der Waals surface area contributed by atoms with E-state index in [2.05, 4.69) is 61.3 Å². The molecule has 0 aliphatic carbocycles. The summed E-state index contributed by atoms with van der Waals surface area (Å²) in [6.45, 7) is 6.30. The van der Waals surface area contributed by atoms with E-state index < -0.39 is 0 Å². The summed E-state index contributed by atoms with van der Waals surface area (Å²) in [5.74, 6) is 0. The predicted molar refractivity (Wildman–Crippen MR) is 75.8 cm³/mol. The minimum Gasteiger partial charge on any atom is -0.255 e. The number of fused-ring (bicyclic) bond motifs is 1. The maximum atomic E-state index is 4.16. The summed E-state index contributed by atoms with van der Waals surface area (Å²) in [5, 5.41) is 2.47. The molecule has 3 heteroatoms. The molecule has 0 unspecified atom stereocenters. The molecule has 0 bridgehead atoms. The van der Waals surface area contributed by atoms with Crippen LogP contribution in [0.4, 0.5) is 0 Å². The van der Waals surface area contributed by atoms with Gasteiger partial charge in [0.15, 0.2) is 6.33 Å². The van der Waals surface area contributed by atoms with Crippen LogP contribution in [0.2, 0.25) is 0 Å². The van der Waals surface area contributed by atoms with Gasteiger partial charge in [0.1, 0.15) is 12.4 Å². The summed E-state index contributed by atoms with van der Waals surface area (Å²) in [6, 6.07) is 10.6. The van der Waals surface area contributed by atoms with Gasteiger partial charge in [-0.3, -0.25) is 4.57 Å². The van der Waals surface area contributed by atoms with Crippen LogP contribution in [0.25, 0.3) is 16.5 Å². The Balaban J connectivity index is 0.00000133. The zero-order valence-corrected chi connectivity index (χ0v) is 13.4. The largest absolute Gasteiger partial charge is 0.255 e. The maximum absolute atomic E-state index is 4.16. The standard InChI is InChI=1S/C16H16N2.Ir/c1-12-5-4-6-14-8-7-13(2)16(15(12)14)18-10-9-17(3)11-18;/h4-11H,1H2,2-3H3;. The van der Waals surface area contributed by atoms with Gasteiger partial charge in [-0.05, 0) is 13.0 Å². The van der Waals surface area contributed by atoms with E-state index in [9.17, 15) is 0 Å². The minimum absolute atomic E-state index is 0. The number of hydrogen-bond donors (Lipinski definition) is 0. The summed E-state index contributed by atoms with van der Waals surface area (Å²) in [7, 11) is 2.03. The first-order valence-electron chi connectivity index (χ1n) is 6.05. The Hall–Kier alpha value is -1.57. The molecule has 2 nitrogen and oxygen atoms in total. The van der Waals surface area contributed by atoms with Gasteiger partial charge in [-0.1, -0.05) is 22.9 Å². The van der Waals surface area contributed by atoms with E-state index in [1.807, 2.05) is 17.8 Å². The second-order valence-electron chi connectivity index (χ2n) is 4.73. The number of aryl methyl sites for hydroxylation is 2. The topological polar surface area (TPSA) is 9.86 Å². The maximum Gasteiger partial charge on any atom is 0.165 e. The van der Waals surface area contributed by atoms with E-state index in [0.717, 1.165) is 5.56 Å². The molecule has 1 heterocycles. The van der Waals surface area contributed by atoms with Crippen molar-refractivity contribution in [3.63, 3.8) is 0 Å². The Morgan fingerprint density at radius 1 is 1.11 bits per heavy atom. The third-order valence-corrected chi connectivity index (χ3v) is 3.33. The van der Waals surface area contributed by atoms with Crippen molar-refractivity contribution in [1.29, 1.82) is 0 Å².